The first-order valence-electron chi connectivity index (χ1n) is 6.84. The number of carbonyl (C=O) groups excluding carboxylic acids is 1. The molecule has 1 N–H and O–H groups in total. The van der Waals surface area contributed by atoms with Crippen LogP contribution >= 0.6 is 0 Å². The second kappa shape index (κ2) is 5.85. The van der Waals surface area contributed by atoms with E-state index >= 15 is 0 Å². The lowest BCUT2D eigenvalue weighted by Crippen LogP contribution is -2.46. The summed E-state index contributed by atoms with van der Waals surface area (Å²) < 4.78 is 5.10. The van der Waals surface area contributed by atoms with Gasteiger partial charge >= 0.3 is 5.97 Å². The number of hydrogen-bond acceptors (Lipinski definition) is 3. The molecule has 0 aromatic heterocycles. The molecule has 17 heavy (non-hydrogen) atoms. The maximum Gasteiger partial charge on any atom is 0.307 e. The van der Waals surface area contributed by atoms with Gasteiger partial charge in [0.25, 0.3) is 0 Å². The van der Waals surface area contributed by atoms with Gasteiger partial charge in [-0.3, -0.25) is 4.79 Å². The first-order chi connectivity index (χ1) is 7.93. The summed E-state index contributed by atoms with van der Waals surface area (Å²) in [7, 11) is 0. The van der Waals surface area contributed by atoms with Crippen molar-refractivity contribution in [1.82, 2.24) is 5.32 Å². The molecule has 1 atom stereocenters. The van der Waals surface area contributed by atoms with Crippen molar-refractivity contribution in [3.8, 4) is 0 Å². The number of nitrogens with one attached hydrogen (secondary N) is 1. The van der Waals surface area contributed by atoms with Gasteiger partial charge in [0.2, 0.25) is 0 Å². The zero-order valence-electron chi connectivity index (χ0n) is 11.8. The summed E-state index contributed by atoms with van der Waals surface area (Å²) in [5.41, 5.74) is 0.318. The Morgan fingerprint density at radius 1 is 1.29 bits per heavy atom. The minimum Gasteiger partial charge on any atom is -0.466 e. The Morgan fingerprint density at radius 3 is 2.47 bits per heavy atom. The van der Waals surface area contributed by atoms with Crippen LogP contribution in [0.2, 0.25) is 0 Å². The van der Waals surface area contributed by atoms with Gasteiger partial charge in [-0.1, -0.05) is 20.8 Å². The smallest absolute Gasteiger partial charge is 0.307 e. The molecule has 0 aromatic carbocycles. The second-order valence-corrected chi connectivity index (χ2v) is 6.03. The molecular formula is C14H27NO2. The van der Waals surface area contributed by atoms with E-state index < -0.39 is 0 Å². The Kier molecular flexibility index (Phi) is 4.99. The number of ether oxygens (including phenoxy) is 1. The van der Waals surface area contributed by atoms with Gasteiger partial charge in [0.05, 0.1) is 13.0 Å². The van der Waals surface area contributed by atoms with E-state index in [1.807, 2.05) is 6.92 Å². The van der Waals surface area contributed by atoms with E-state index in [1.54, 1.807) is 0 Å². The van der Waals surface area contributed by atoms with Crippen molar-refractivity contribution in [2.24, 2.45) is 5.41 Å². The van der Waals surface area contributed by atoms with E-state index in [0.717, 1.165) is 25.8 Å². The Balaban J connectivity index is 2.64. The number of carbonyl (C=O) groups is 1. The molecule has 1 rings (SSSR count). The first-order valence-corrected chi connectivity index (χ1v) is 6.84. The van der Waals surface area contributed by atoms with E-state index in [9.17, 15) is 4.79 Å². The summed E-state index contributed by atoms with van der Waals surface area (Å²) in [5.74, 6) is -0.0613. The molecule has 0 spiro atoms. The van der Waals surface area contributed by atoms with Crippen LogP contribution in [0.15, 0.2) is 0 Å². The van der Waals surface area contributed by atoms with Gasteiger partial charge in [-0.2, -0.15) is 0 Å². The lowest BCUT2D eigenvalue weighted by molar-refractivity contribution is -0.144. The van der Waals surface area contributed by atoms with Crippen molar-refractivity contribution in [3.63, 3.8) is 0 Å². The maximum absolute atomic E-state index is 11.7. The molecule has 1 fully saturated rings. The van der Waals surface area contributed by atoms with Crippen LogP contribution in [-0.4, -0.2) is 24.7 Å². The molecule has 3 nitrogen and oxygen atoms in total. The van der Waals surface area contributed by atoms with Crippen LogP contribution < -0.4 is 5.32 Å². The molecule has 0 aromatic rings. The Bertz CT molecular complexity index is 263. The molecule has 0 amide bonds. The molecule has 0 heterocycles. The monoisotopic (exact) mass is 241 g/mol. The molecule has 1 saturated carbocycles. The third kappa shape index (κ3) is 4.30. The van der Waals surface area contributed by atoms with E-state index in [-0.39, 0.29) is 11.5 Å². The van der Waals surface area contributed by atoms with E-state index in [2.05, 4.69) is 26.1 Å². The SMILES string of the molecule is CCCNC1(CC(=O)OCC)CCC(C)(C)C1. The predicted octanol–water partition coefficient (Wildman–Crippen LogP) is 2.89. The fraction of sp³-hybridized carbons (Fsp3) is 0.929. The highest BCUT2D eigenvalue weighted by Crippen LogP contribution is 2.45. The Morgan fingerprint density at radius 2 is 2.00 bits per heavy atom. The molecule has 1 aliphatic rings. The van der Waals surface area contributed by atoms with Gasteiger partial charge in [0.15, 0.2) is 0 Å². The van der Waals surface area contributed by atoms with Crippen LogP contribution in [-0.2, 0) is 9.53 Å². The van der Waals surface area contributed by atoms with Crippen LogP contribution in [0.4, 0.5) is 0 Å². The van der Waals surface area contributed by atoms with Gasteiger partial charge in [-0.05, 0) is 44.6 Å². The van der Waals surface area contributed by atoms with E-state index in [0.29, 0.717) is 18.4 Å². The minimum atomic E-state index is -0.0613. The van der Waals surface area contributed by atoms with Gasteiger partial charge in [0, 0.05) is 5.54 Å². The number of rotatable bonds is 6. The van der Waals surface area contributed by atoms with Crippen molar-refractivity contribution in [2.75, 3.05) is 13.2 Å². The topological polar surface area (TPSA) is 38.3 Å². The largest absolute Gasteiger partial charge is 0.466 e. The summed E-state index contributed by atoms with van der Waals surface area (Å²) in [4.78, 5) is 11.7. The Hall–Kier alpha value is -0.570. The summed E-state index contributed by atoms with van der Waals surface area (Å²) in [5, 5.41) is 3.59. The lowest BCUT2D eigenvalue weighted by Gasteiger charge is -2.31. The summed E-state index contributed by atoms with van der Waals surface area (Å²) in [6, 6.07) is 0. The molecule has 0 bridgehead atoms. The standard InChI is InChI=1S/C14H27NO2/c1-5-9-15-14(10-12(16)17-6-2)8-7-13(3,4)11-14/h15H,5-11H2,1-4H3. The molecule has 0 aliphatic heterocycles. The van der Waals surface area contributed by atoms with Gasteiger partial charge in [0.1, 0.15) is 0 Å². The molecular weight excluding hydrogens is 214 g/mol. The van der Waals surface area contributed by atoms with Gasteiger partial charge < -0.3 is 10.1 Å². The fourth-order valence-corrected chi connectivity index (χ4v) is 2.91. The molecule has 0 saturated heterocycles. The maximum atomic E-state index is 11.7. The summed E-state index contributed by atoms with van der Waals surface area (Å²) in [6.07, 6.45) is 4.95. The predicted molar refractivity (Wildman–Crippen MR) is 69.9 cm³/mol. The summed E-state index contributed by atoms with van der Waals surface area (Å²) >= 11 is 0. The van der Waals surface area contributed by atoms with Crippen molar-refractivity contribution in [2.45, 2.75) is 65.3 Å². The zero-order valence-corrected chi connectivity index (χ0v) is 11.8. The van der Waals surface area contributed by atoms with Crippen LogP contribution in [0.25, 0.3) is 0 Å². The average molecular weight is 241 g/mol. The normalized spacial score (nSPS) is 27.1. The van der Waals surface area contributed by atoms with Crippen molar-refractivity contribution in [3.05, 3.63) is 0 Å². The molecule has 1 unspecified atom stereocenters. The van der Waals surface area contributed by atoms with Crippen LogP contribution in [0.5, 0.6) is 0 Å². The lowest BCUT2D eigenvalue weighted by atomic mass is 9.86. The zero-order chi connectivity index (χ0) is 12.9. The van der Waals surface area contributed by atoms with Crippen molar-refractivity contribution >= 4 is 5.97 Å². The molecule has 3 heteroatoms. The quantitative estimate of drug-likeness (QED) is 0.727. The Labute approximate surface area is 105 Å². The molecule has 1 aliphatic carbocycles. The third-order valence-corrected chi connectivity index (χ3v) is 3.64. The third-order valence-electron chi connectivity index (χ3n) is 3.64. The van der Waals surface area contributed by atoms with Crippen molar-refractivity contribution in [1.29, 1.82) is 0 Å². The van der Waals surface area contributed by atoms with Crippen molar-refractivity contribution < 1.29 is 9.53 Å². The highest BCUT2D eigenvalue weighted by atomic mass is 16.5. The molecule has 100 valence electrons. The first kappa shape index (κ1) is 14.5. The van der Waals surface area contributed by atoms with Gasteiger partial charge in [-0.15, -0.1) is 0 Å². The molecule has 0 radical (unpaired) electrons. The van der Waals surface area contributed by atoms with E-state index in [4.69, 9.17) is 4.74 Å². The van der Waals surface area contributed by atoms with Crippen LogP contribution in [0, 0.1) is 5.41 Å². The highest BCUT2D eigenvalue weighted by Gasteiger charge is 2.44. The second-order valence-electron chi connectivity index (χ2n) is 6.03. The van der Waals surface area contributed by atoms with E-state index in [1.165, 1.54) is 6.42 Å². The average Bonchev–Trinajstić information content (AvgIpc) is 2.52. The van der Waals surface area contributed by atoms with Crippen LogP contribution in [0.3, 0.4) is 0 Å². The highest BCUT2D eigenvalue weighted by molar-refractivity contribution is 5.71. The number of hydrogen-bond donors (Lipinski definition) is 1. The number of esters is 1. The minimum absolute atomic E-state index is 0.0221. The summed E-state index contributed by atoms with van der Waals surface area (Å²) in [6.45, 7) is 10.1. The fourth-order valence-electron chi connectivity index (χ4n) is 2.91. The van der Waals surface area contributed by atoms with Gasteiger partial charge in [-0.25, -0.2) is 0 Å². The van der Waals surface area contributed by atoms with Crippen LogP contribution in [0.1, 0.15) is 59.8 Å².